The number of anilines is 1. The molecule has 1 unspecified atom stereocenters. The third-order valence-electron chi connectivity index (χ3n) is 5.20. The Bertz CT molecular complexity index is 661. The van der Waals surface area contributed by atoms with Crippen LogP contribution in [0.15, 0.2) is 48.5 Å². The van der Waals surface area contributed by atoms with E-state index in [1.165, 1.54) is 55.7 Å². The first kappa shape index (κ1) is 18.9. The first-order valence-electron chi connectivity index (χ1n) is 9.60. The predicted octanol–water partition coefficient (Wildman–Crippen LogP) is 4.21. The van der Waals surface area contributed by atoms with Crippen molar-refractivity contribution in [3.63, 3.8) is 0 Å². The molecule has 3 nitrogen and oxygen atoms in total. The smallest absolute Gasteiger partial charge is 0.123 e. The van der Waals surface area contributed by atoms with Crippen molar-refractivity contribution in [3.05, 3.63) is 65.5 Å². The number of likely N-dealkylation sites (N-methyl/N-ethyl adjacent to an activating group) is 1. The SMILES string of the molecule is CN(C)C(CNCc1ccc(N2CCCCC2)cc1)c1ccc(F)cc1. The zero-order valence-electron chi connectivity index (χ0n) is 15.9. The molecular formula is C22H30FN3. The van der Waals surface area contributed by atoms with Crippen LogP contribution in [0.2, 0.25) is 0 Å². The van der Waals surface area contributed by atoms with Crippen LogP contribution in [0, 0.1) is 5.82 Å². The molecule has 1 saturated heterocycles. The van der Waals surface area contributed by atoms with E-state index in [-0.39, 0.29) is 11.9 Å². The van der Waals surface area contributed by atoms with Crippen LogP contribution in [-0.4, -0.2) is 38.6 Å². The van der Waals surface area contributed by atoms with Gasteiger partial charge in [0, 0.05) is 37.9 Å². The van der Waals surface area contributed by atoms with E-state index < -0.39 is 0 Å². The maximum Gasteiger partial charge on any atom is 0.123 e. The first-order valence-corrected chi connectivity index (χ1v) is 9.60. The van der Waals surface area contributed by atoms with Gasteiger partial charge in [0.2, 0.25) is 0 Å². The molecule has 0 aromatic heterocycles. The minimum absolute atomic E-state index is 0.187. The maximum absolute atomic E-state index is 13.2. The van der Waals surface area contributed by atoms with E-state index >= 15 is 0 Å². The van der Waals surface area contributed by atoms with Gasteiger partial charge in [-0.15, -0.1) is 0 Å². The number of benzene rings is 2. The molecule has 1 aliphatic rings. The van der Waals surface area contributed by atoms with E-state index in [0.717, 1.165) is 18.7 Å². The lowest BCUT2D eigenvalue weighted by Gasteiger charge is -2.29. The van der Waals surface area contributed by atoms with Gasteiger partial charge in [-0.05, 0) is 68.8 Å². The van der Waals surface area contributed by atoms with Crippen molar-refractivity contribution in [1.29, 1.82) is 0 Å². The highest BCUT2D eigenvalue weighted by Crippen LogP contribution is 2.21. The summed E-state index contributed by atoms with van der Waals surface area (Å²) in [4.78, 5) is 4.65. The molecule has 1 aliphatic heterocycles. The molecule has 0 spiro atoms. The Hall–Kier alpha value is -1.91. The van der Waals surface area contributed by atoms with Crippen molar-refractivity contribution >= 4 is 5.69 Å². The zero-order chi connectivity index (χ0) is 18.4. The average molecular weight is 356 g/mol. The molecule has 0 bridgehead atoms. The van der Waals surface area contributed by atoms with Gasteiger partial charge in [0.05, 0.1) is 0 Å². The lowest BCUT2D eigenvalue weighted by molar-refractivity contribution is 0.288. The molecule has 0 amide bonds. The number of hydrogen-bond acceptors (Lipinski definition) is 3. The van der Waals surface area contributed by atoms with Crippen LogP contribution >= 0.6 is 0 Å². The Morgan fingerprint density at radius 3 is 2.23 bits per heavy atom. The molecule has 2 aromatic rings. The van der Waals surface area contributed by atoms with Crippen LogP contribution in [0.5, 0.6) is 0 Å². The van der Waals surface area contributed by atoms with E-state index in [9.17, 15) is 4.39 Å². The number of piperidine rings is 1. The summed E-state index contributed by atoms with van der Waals surface area (Å²) in [5.41, 5.74) is 3.76. The fraction of sp³-hybridized carbons (Fsp3) is 0.455. The molecule has 0 aliphatic carbocycles. The maximum atomic E-state index is 13.2. The second kappa shape index (κ2) is 9.15. The van der Waals surface area contributed by atoms with E-state index in [2.05, 4.69) is 53.5 Å². The standard InChI is InChI=1S/C22H30FN3/c1-25(2)22(19-8-10-20(23)11-9-19)17-24-16-18-6-12-21(13-7-18)26-14-4-3-5-15-26/h6-13,22,24H,3-5,14-17H2,1-2H3. The monoisotopic (exact) mass is 355 g/mol. The molecule has 140 valence electrons. The highest BCUT2D eigenvalue weighted by atomic mass is 19.1. The van der Waals surface area contributed by atoms with Crippen molar-refractivity contribution < 1.29 is 4.39 Å². The summed E-state index contributed by atoms with van der Waals surface area (Å²) in [7, 11) is 4.12. The Balaban J connectivity index is 1.53. The van der Waals surface area contributed by atoms with Gasteiger partial charge in [-0.3, -0.25) is 0 Å². The van der Waals surface area contributed by atoms with Gasteiger partial charge in [0.15, 0.2) is 0 Å². The topological polar surface area (TPSA) is 18.5 Å². The van der Waals surface area contributed by atoms with Crippen LogP contribution in [0.4, 0.5) is 10.1 Å². The summed E-state index contributed by atoms with van der Waals surface area (Å²) in [6.07, 6.45) is 3.97. The van der Waals surface area contributed by atoms with Crippen LogP contribution in [-0.2, 0) is 6.54 Å². The van der Waals surface area contributed by atoms with Gasteiger partial charge in [0.1, 0.15) is 5.82 Å². The van der Waals surface area contributed by atoms with Crippen LogP contribution < -0.4 is 10.2 Å². The lowest BCUT2D eigenvalue weighted by atomic mass is 10.1. The van der Waals surface area contributed by atoms with Gasteiger partial charge >= 0.3 is 0 Å². The Kier molecular flexibility index (Phi) is 6.64. The van der Waals surface area contributed by atoms with Crippen LogP contribution in [0.3, 0.4) is 0 Å². The van der Waals surface area contributed by atoms with Crippen LogP contribution in [0.1, 0.15) is 36.4 Å². The van der Waals surface area contributed by atoms with E-state index in [4.69, 9.17) is 0 Å². The largest absolute Gasteiger partial charge is 0.372 e. The van der Waals surface area contributed by atoms with E-state index in [1.54, 1.807) is 0 Å². The zero-order valence-corrected chi connectivity index (χ0v) is 15.9. The number of halogens is 1. The first-order chi connectivity index (χ1) is 12.6. The molecule has 1 fully saturated rings. The van der Waals surface area contributed by atoms with Crippen LogP contribution in [0.25, 0.3) is 0 Å². The number of nitrogens with one attached hydrogen (secondary N) is 1. The molecule has 0 saturated carbocycles. The Morgan fingerprint density at radius 1 is 0.962 bits per heavy atom. The molecule has 0 radical (unpaired) electrons. The fourth-order valence-electron chi connectivity index (χ4n) is 3.61. The molecule has 4 heteroatoms. The molecule has 1 atom stereocenters. The van der Waals surface area contributed by atoms with E-state index in [0.29, 0.717) is 0 Å². The second-order valence-electron chi connectivity index (χ2n) is 7.38. The molecular weight excluding hydrogens is 325 g/mol. The van der Waals surface area contributed by atoms with Gasteiger partial charge in [-0.25, -0.2) is 4.39 Å². The third kappa shape index (κ3) is 5.05. The normalized spacial score (nSPS) is 16.1. The summed E-state index contributed by atoms with van der Waals surface area (Å²) in [5.74, 6) is -0.187. The second-order valence-corrected chi connectivity index (χ2v) is 7.38. The minimum Gasteiger partial charge on any atom is -0.372 e. The van der Waals surface area contributed by atoms with Gasteiger partial charge < -0.3 is 15.1 Å². The third-order valence-corrected chi connectivity index (χ3v) is 5.20. The summed E-state index contributed by atoms with van der Waals surface area (Å²) in [6.45, 7) is 4.03. The lowest BCUT2D eigenvalue weighted by Crippen LogP contribution is -2.31. The number of hydrogen-bond donors (Lipinski definition) is 1. The Labute approximate surface area is 156 Å². The van der Waals surface area contributed by atoms with Crippen molar-refractivity contribution in [2.75, 3.05) is 38.6 Å². The minimum atomic E-state index is -0.187. The predicted molar refractivity (Wildman–Crippen MR) is 107 cm³/mol. The molecule has 1 heterocycles. The number of nitrogens with zero attached hydrogens (tertiary/aromatic N) is 2. The molecule has 2 aromatic carbocycles. The van der Waals surface area contributed by atoms with E-state index in [1.807, 2.05) is 12.1 Å². The molecule has 26 heavy (non-hydrogen) atoms. The number of rotatable bonds is 7. The highest BCUT2D eigenvalue weighted by Gasteiger charge is 2.14. The quantitative estimate of drug-likeness (QED) is 0.803. The Morgan fingerprint density at radius 2 is 1.62 bits per heavy atom. The molecule has 3 rings (SSSR count). The van der Waals surface area contributed by atoms with Gasteiger partial charge in [-0.2, -0.15) is 0 Å². The highest BCUT2D eigenvalue weighted by molar-refractivity contribution is 5.47. The van der Waals surface area contributed by atoms with Gasteiger partial charge in [0.25, 0.3) is 0 Å². The average Bonchev–Trinajstić information content (AvgIpc) is 2.67. The van der Waals surface area contributed by atoms with Crippen molar-refractivity contribution in [1.82, 2.24) is 10.2 Å². The summed E-state index contributed by atoms with van der Waals surface area (Å²) in [5, 5.41) is 3.55. The van der Waals surface area contributed by atoms with Crippen molar-refractivity contribution in [2.45, 2.75) is 31.8 Å². The molecule has 1 N–H and O–H groups in total. The summed E-state index contributed by atoms with van der Waals surface area (Å²) < 4.78 is 13.2. The fourth-order valence-corrected chi connectivity index (χ4v) is 3.61. The van der Waals surface area contributed by atoms with Gasteiger partial charge in [-0.1, -0.05) is 24.3 Å². The summed E-state index contributed by atoms with van der Waals surface area (Å²) >= 11 is 0. The summed E-state index contributed by atoms with van der Waals surface area (Å²) in [6, 6.07) is 16.0. The van der Waals surface area contributed by atoms with Crippen molar-refractivity contribution in [3.8, 4) is 0 Å². The van der Waals surface area contributed by atoms with Crippen molar-refractivity contribution in [2.24, 2.45) is 0 Å².